The van der Waals surface area contributed by atoms with Crippen LogP contribution in [0.1, 0.15) is 10.4 Å². The van der Waals surface area contributed by atoms with Crippen LogP contribution in [0.5, 0.6) is 11.6 Å². The first-order chi connectivity index (χ1) is 8.60. The van der Waals surface area contributed by atoms with Crippen molar-refractivity contribution in [2.75, 3.05) is 0 Å². The molecule has 0 aliphatic heterocycles. The first-order valence-corrected chi connectivity index (χ1v) is 5.98. The Morgan fingerprint density at radius 3 is 2.61 bits per heavy atom. The van der Waals surface area contributed by atoms with E-state index in [4.69, 9.17) is 39.5 Å². The number of ether oxygens (including phenoxy) is 1. The normalized spacial score (nSPS) is 10.2. The van der Waals surface area contributed by atoms with Crippen molar-refractivity contribution in [2.45, 2.75) is 0 Å². The Labute approximate surface area is 118 Å². The van der Waals surface area contributed by atoms with Gasteiger partial charge in [0.2, 0.25) is 5.88 Å². The largest absolute Gasteiger partial charge is 0.437 e. The zero-order valence-corrected chi connectivity index (χ0v) is 11.1. The van der Waals surface area contributed by atoms with Gasteiger partial charge in [0.05, 0.1) is 5.02 Å². The topological polar surface area (TPSA) is 39.2 Å². The maximum Gasteiger partial charge on any atom is 0.239 e. The van der Waals surface area contributed by atoms with Gasteiger partial charge in [-0.3, -0.25) is 4.79 Å². The number of aldehydes is 1. The molecule has 0 aliphatic carbocycles. The SMILES string of the molecule is O=Cc1cccc(Oc2nc(Cl)c(Cl)cc2Cl)c1. The molecule has 1 aromatic heterocycles. The van der Waals surface area contributed by atoms with Crippen LogP contribution in [-0.4, -0.2) is 11.3 Å². The van der Waals surface area contributed by atoms with E-state index >= 15 is 0 Å². The Bertz CT molecular complexity index is 602. The Balaban J connectivity index is 2.33. The molecule has 18 heavy (non-hydrogen) atoms. The van der Waals surface area contributed by atoms with Crippen molar-refractivity contribution in [3.8, 4) is 11.6 Å². The number of nitrogens with zero attached hydrogens (tertiary/aromatic N) is 1. The summed E-state index contributed by atoms with van der Waals surface area (Å²) in [5.41, 5.74) is 0.490. The van der Waals surface area contributed by atoms with Gasteiger partial charge in [0.25, 0.3) is 0 Å². The summed E-state index contributed by atoms with van der Waals surface area (Å²) < 4.78 is 5.44. The molecular formula is C12H6Cl3NO2. The maximum absolute atomic E-state index is 10.6. The number of hydrogen-bond acceptors (Lipinski definition) is 3. The van der Waals surface area contributed by atoms with E-state index in [1.165, 1.54) is 6.07 Å². The van der Waals surface area contributed by atoms with Crippen molar-refractivity contribution in [2.24, 2.45) is 0 Å². The molecule has 3 nitrogen and oxygen atoms in total. The molecule has 0 aliphatic rings. The lowest BCUT2D eigenvalue weighted by molar-refractivity contribution is 0.112. The summed E-state index contributed by atoms with van der Waals surface area (Å²) in [5.74, 6) is 0.571. The summed E-state index contributed by atoms with van der Waals surface area (Å²) in [5, 5.41) is 0.583. The highest BCUT2D eigenvalue weighted by Crippen LogP contribution is 2.33. The molecule has 0 radical (unpaired) electrons. The highest BCUT2D eigenvalue weighted by atomic mass is 35.5. The monoisotopic (exact) mass is 301 g/mol. The Kier molecular flexibility index (Phi) is 4.07. The lowest BCUT2D eigenvalue weighted by Crippen LogP contribution is -1.91. The zero-order valence-electron chi connectivity index (χ0n) is 8.86. The molecule has 0 bridgehead atoms. The molecule has 0 atom stereocenters. The van der Waals surface area contributed by atoms with Gasteiger partial charge in [-0.05, 0) is 18.2 Å². The van der Waals surface area contributed by atoms with Crippen LogP contribution in [0.4, 0.5) is 0 Å². The highest BCUT2D eigenvalue weighted by Gasteiger charge is 2.10. The summed E-state index contributed by atoms with van der Waals surface area (Å²) in [6.45, 7) is 0. The van der Waals surface area contributed by atoms with Crippen LogP contribution in [-0.2, 0) is 0 Å². The second-order valence-electron chi connectivity index (χ2n) is 3.34. The van der Waals surface area contributed by atoms with Crippen molar-refractivity contribution in [1.82, 2.24) is 4.98 Å². The average molecular weight is 303 g/mol. The van der Waals surface area contributed by atoms with E-state index in [2.05, 4.69) is 4.98 Å². The van der Waals surface area contributed by atoms with Crippen molar-refractivity contribution >= 4 is 41.1 Å². The van der Waals surface area contributed by atoms with E-state index < -0.39 is 0 Å². The predicted octanol–water partition coefficient (Wildman–Crippen LogP) is 4.65. The summed E-state index contributed by atoms with van der Waals surface area (Å²) >= 11 is 17.5. The molecule has 1 aromatic carbocycles. The second kappa shape index (κ2) is 5.57. The third-order valence-electron chi connectivity index (χ3n) is 2.06. The van der Waals surface area contributed by atoms with Gasteiger partial charge in [-0.2, -0.15) is 4.98 Å². The predicted molar refractivity (Wildman–Crippen MR) is 71.2 cm³/mol. The van der Waals surface area contributed by atoms with Crippen molar-refractivity contribution < 1.29 is 9.53 Å². The number of carbonyl (C=O) groups is 1. The molecule has 6 heteroatoms. The molecule has 0 unspecified atom stereocenters. The summed E-state index contributed by atoms with van der Waals surface area (Å²) in [4.78, 5) is 14.6. The Morgan fingerprint density at radius 2 is 1.89 bits per heavy atom. The molecule has 2 rings (SSSR count). The van der Waals surface area contributed by atoms with E-state index in [1.54, 1.807) is 24.3 Å². The number of benzene rings is 1. The minimum Gasteiger partial charge on any atom is -0.437 e. The van der Waals surface area contributed by atoms with Gasteiger partial charge < -0.3 is 4.74 Å². The van der Waals surface area contributed by atoms with Crippen LogP contribution in [0.3, 0.4) is 0 Å². The summed E-state index contributed by atoms with van der Waals surface area (Å²) in [6, 6.07) is 8.02. The molecule has 1 heterocycles. The molecular weight excluding hydrogens is 296 g/mol. The van der Waals surface area contributed by atoms with Crippen molar-refractivity contribution in [1.29, 1.82) is 0 Å². The smallest absolute Gasteiger partial charge is 0.239 e. The quantitative estimate of drug-likeness (QED) is 0.612. The van der Waals surface area contributed by atoms with Crippen LogP contribution < -0.4 is 4.74 Å². The van der Waals surface area contributed by atoms with E-state index in [1.807, 2.05) is 0 Å². The first kappa shape index (κ1) is 13.1. The Morgan fingerprint density at radius 1 is 1.11 bits per heavy atom. The molecule has 92 valence electrons. The van der Waals surface area contributed by atoms with Crippen LogP contribution in [0, 0.1) is 0 Å². The molecule has 0 N–H and O–H groups in total. The van der Waals surface area contributed by atoms with Crippen molar-refractivity contribution in [3.63, 3.8) is 0 Å². The highest BCUT2D eigenvalue weighted by molar-refractivity contribution is 6.42. The van der Waals surface area contributed by atoms with Crippen LogP contribution in [0.2, 0.25) is 15.2 Å². The van der Waals surface area contributed by atoms with Gasteiger partial charge in [-0.1, -0.05) is 46.9 Å². The fourth-order valence-electron chi connectivity index (χ4n) is 1.26. The zero-order chi connectivity index (χ0) is 13.1. The number of rotatable bonds is 3. The maximum atomic E-state index is 10.6. The third-order valence-corrected chi connectivity index (χ3v) is 3.01. The molecule has 0 amide bonds. The van der Waals surface area contributed by atoms with Gasteiger partial charge in [0.1, 0.15) is 17.1 Å². The molecule has 0 fully saturated rings. The van der Waals surface area contributed by atoms with Crippen LogP contribution in [0.25, 0.3) is 0 Å². The van der Waals surface area contributed by atoms with E-state index in [0.29, 0.717) is 11.3 Å². The van der Waals surface area contributed by atoms with Gasteiger partial charge in [-0.15, -0.1) is 0 Å². The number of carbonyl (C=O) groups excluding carboxylic acids is 1. The lowest BCUT2D eigenvalue weighted by atomic mass is 10.2. The number of aromatic nitrogens is 1. The molecule has 0 saturated carbocycles. The van der Waals surface area contributed by atoms with Gasteiger partial charge in [0.15, 0.2) is 5.15 Å². The summed E-state index contributed by atoms with van der Waals surface area (Å²) in [6.07, 6.45) is 0.719. The van der Waals surface area contributed by atoms with Gasteiger partial charge >= 0.3 is 0 Å². The number of pyridine rings is 1. The third kappa shape index (κ3) is 2.93. The summed E-state index contributed by atoms with van der Waals surface area (Å²) in [7, 11) is 0. The van der Waals surface area contributed by atoms with Gasteiger partial charge in [-0.25, -0.2) is 0 Å². The first-order valence-electron chi connectivity index (χ1n) is 4.85. The standard InChI is InChI=1S/C12H6Cl3NO2/c13-9-5-10(14)12(16-11(9)15)18-8-3-1-2-7(4-8)6-17/h1-6H. The fraction of sp³-hybridized carbons (Fsp3) is 0. The average Bonchev–Trinajstić information content (AvgIpc) is 2.36. The number of hydrogen-bond donors (Lipinski definition) is 0. The molecule has 0 spiro atoms. The number of halogens is 3. The van der Waals surface area contributed by atoms with E-state index in [0.717, 1.165) is 6.29 Å². The Hall–Kier alpha value is -1.29. The van der Waals surface area contributed by atoms with E-state index in [-0.39, 0.29) is 21.1 Å². The fourth-order valence-corrected chi connectivity index (χ4v) is 1.79. The lowest BCUT2D eigenvalue weighted by Gasteiger charge is -2.07. The minimum atomic E-state index is 0.0996. The van der Waals surface area contributed by atoms with Gasteiger partial charge in [0, 0.05) is 5.56 Å². The van der Waals surface area contributed by atoms with Crippen molar-refractivity contribution in [3.05, 3.63) is 51.1 Å². The molecule has 0 saturated heterocycles. The minimum absolute atomic E-state index is 0.0996. The van der Waals surface area contributed by atoms with Crippen LogP contribution in [0.15, 0.2) is 30.3 Å². The second-order valence-corrected chi connectivity index (χ2v) is 4.51. The van der Waals surface area contributed by atoms with Crippen LogP contribution >= 0.6 is 34.8 Å². The molecule has 2 aromatic rings. The van der Waals surface area contributed by atoms with E-state index in [9.17, 15) is 4.79 Å².